The Labute approximate surface area is 128 Å². The van der Waals surface area contributed by atoms with Crippen molar-refractivity contribution in [1.82, 2.24) is 4.98 Å². The molecule has 100 valence electrons. The van der Waals surface area contributed by atoms with Crippen LogP contribution in [0.1, 0.15) is 9.67 Å². The largest absolute Gasteiger partial charge is 0.297 e. The Bertz CT molecular complexity index is 737. The Morgan fingerprint density at radius 1 is 1.20 bits per heavy atom. The van der Waals surface area contributed by atoms with E-state index in [1.54, 1.807) is 12.3 Å². The van der Waals surface area contributed by atoms with Crippen molar-refractivity contribution < 1.29 is 4.79 Å². The van der Waals surface area contributed by atoms with Gasteiger partial charge in [-0.1, -0.05) is 29.8 Å². The number of nitrogens with one attached hydrogen (secondary N) is 1. The van der Waals surface area contributed by atoms with Gasteiger partial charge in [-0.3, -0.25) is 10.1 Å². The normalized spacial score (nSPS) is 10.4. The zero-order chi connectivity index (χ0) is 13.9. The van der Waals surface area contributed by atoms with Crippen molar-refractivity contribution in [3.05, 3.63) is 57.9 Å². The predicted octanol–water partition coefficient (Wildman–Crippen LogP) is 4.78. The standard InChI is InChI=1S/C14H9ClN2OS2/c15-10-4-2-1-3-9(10)11-5-6-12(20-11)13(18)17-14-16-7-8-19-14/h1-8H,(H,16,17,18). The van der Waals surface area contributed by atoms with Gasteiger partial charge in [-0.15, -0.1) is 22.7 Å². The van der Waals surface area contributed by atoms with Gasteiger partial charge in [0, 0.05) is 27.0 Å². The van der Waals surface area contributed by atoms with Crippen LogP contribution in [0, 0.1) is 0 Å². The third kappa shape index (κ3) is 2.75. The molecular weight excluding hydrogens is 312 g/mol. The number of halogens is 1. The number of benzene rings is 1. The first kappa shape index (κ1) is 13.3. The molecule has 2 aromatic heterocycles. The Hall–Kier alpha value is -1.69. The van der Waals surface area contributed by atoms with Gasteiger partial charge >= 0.3 is 0 Å². The minimum Gasteiger partial charge on any atom is -0.297 e. The fraction of sp³-hybridized carbons (Fsp3) is 0. The summed E-state index contributed by atoms with van der Waals surface area (Å²) in [7, 11) is 0. The molecule has 0 bridgehead atoms. The molecule has 20 heavy (non-hydrogen) atoms. The number of nitrogens with zero attached hydrogens (tertiary/aromatic N) is 1. The van der Waals surface area contributed by atoms with Gasteiger partial charge in [-0.25, -0.2) is 4.98 Å². The minimum absolute atomic E-state index is 0.150. The summed E-state index contributed by atoms with van der Waals surface area (Å²) < 4.78 is 0. The Balaban J connectivity index is 1.83. The van der Waals surface area contributed by atoms with Crippen molar-refractivity contribution in [3.63, 3.8) is 0 Å². The van der Waals surface area contributed by atoms with Gasteiger partial charge in [0.1, 0.15) is 0 Å². The maximum atomic E-state index is 12.1. The lowest BCUT2D eigenvalue weighted by molar-refractivity contribution is 0.103. The van der Waals surface area contributed by atoms with Crippen LogP contribution in [0.2, 0.25) is 5.02 Å². The molecular formula is C14H9ClN2OS2. The highest BCUT2D eigenvalue weighted by atomic mass is 35.5. The molecule has 3 aromatic rings. The number of carbonyl (C=O) groups is 1. The maximum Gasteiger partial charge on any atom is 0.267 e. The van der Waals surface area contributed by atoms with Crippen molar-refractivity contribution in [2.45, 2.75) is 0 Å². The topological polar surface area (TPSA) is 42.0 Å². The average molecular weight is 321 g/mol. The monoisotopic (exact) mass is 320 g/mol. The molecule has 0 fully saturated rings. The molecule has 0 aliphatic heterocycles. The summed E-state index contributed by atoms with van der Waals surface area (Å²) in [6.07, 6.45) is 1.66. The first-order valence-electron chi connectivity index (χ1n) is 5.79. The molecule has 3 rings (SSSR count). The molecule has 0 unspecified atom stereocenters. The van der Waals surface area contributed by atoms with Gasteiger partial charge in [0.15, 0.2) is 5.13 Å². The van der Waals surface area contributed by atoms with Crippen LogP contribution >= 0.6 is 34.3 Å². The summed E-state index contributed by atoms with van der Waals surface area (Å²) in [6.45, 7) is 0. The van der Waals surface area contributed by atoms with Gasteiger partial charge in [0.2, 0.25) is 0 Å². The molecule has 0 aliphatic carbocycles. The van der Waals surface area contributed by atoms with E-state index in [9.17, 15) is 4.79 Å². The van der Waals surface area contributed by atoms with Crippen LogP contribution in [0.3, 0.4) is 0 Å². The van der Waals surface area contributed by atoms with Crippen molar-refractivity contribution >= 4 is 45.3 Å². The zero-order valence-corrected chi connectivity index (χ0v) is 12.6. The average Bonchev–Trinajstić information content (AvgIpc) is 3.10. The van der Waals surface area contributed by atoms with Crippen LogP contribution in [-0.2, 0) is 0 Å². The second-order valence-electron chi connectivity index (χ2n) is 3.94. The van der Waals surface area contributed by atoms with Gasteiger partial charge in [-0.2, -0.15) is 0 Å². The molecule has 1 aromatic carbocycles. The second-order valence-corrected chi connectivity index (χ2v) is 6.32. The van der Waals surface area contributed by atoms with Gasteiger partial charge < -0.3 is 0 Å². The number of hydrogen-bond donors (Lipinski definition) is 1. The second kappa shape index (κ2) is 5.75. The van der Waals surface area contributed by atoms with Crippen molar-refractivity contribution in [2.75, 3.05) is 5.32 Å². The number of aromatic nitrogens is 1. The van der Waals surface area contributed by atoms with Crippen molar-refractivity contribution in [1.29, 1.82) is 0 Å². The number of hydrogen-bond acceptors (Lipinski definition) is 4. The number of carbonyl (C=O) groups excluding carboxylic acids is 1. The van der Waals surface area contributed by atoms with E-state index in [-0.39, 0.29) is 5.91 Å². The number of thiazole rings is 1. The molecule has 0 atom stereocenters. The number of anilines is 1. The van der Waals surface area contributed by atoms with Crippen LogP contribution in [0.5, 0.6) is 0 Å². The summed E-state index contributed by atoms with van der Waals surface area (Å²) in [4.78, 5) is 17.7. The molecule has 2 heterocycles. The lowest BCUT2D eigenvalue weighted by atomic mass is 10.2. The van der Waals surface area contributed by atoms with E-state index in [0.29, 0.717) is 15.0 Å². The number of thiophene rings is 1. The number of amides is 1. The van der Waals surface area contributed by atoms with E-state index in [1.165, 1.54) is 22.7 Å². The van der Waals surface area contributed by atoms with E-state index in [0.717, 1.165) is 10.4 Å². The fourth-order valence-corrected chi connectivity index (χ4v) is 3.47. The van der Waals surface area contributed by atoms with E-state index >= 15 is 0 Å². The van der Waals surface area contributed by atoms with Crippen LogP contribution in [-0.4, -0.2) is 10.9 Å². The first-order chi connectivity index (χ1) is 9.74. The molecule has 0 saturated carbocycles. The highest BCUT2D eigenvalue weighted by molar-refractivity contribution is 7.17. The SMILES string of the molecule is O=C(Nc1nccs1)c1ccc(-c2ccccc2Cl)s1. The molecule has 0 saturated heterocycles. The molecule has 1 N–H and O–H groups in total. The highest BCUT2D eigenvalue weighted by Crippen LogP contribution is 2.33. The highest BCUT2D eigenvalue weighted by Gasteiger charge is 2.12. The first-order valence-corrected chi connectivity index (χ1v) is 7.87. The molecule has 3 nitrogen and oxygen atoms in total. The Morgan fingerprint density at radius 2 is 2.05 bits per heavy atom. The van der Waals surface area contributed by atoms with Crippen molar-refractivity contribution in [2.24, 2.45) is 0 Å². The maximum absolute atomic E-state index is 12.1. The summed E-state index contributed by atoms with van der Waals surface area (Å²) >= 11 is 8.96. The van der Waals surface area contributed by atoms with E-state index < -0.39 is 0 Å². The Morgan fingerprint density at radius 3 is 2.80 bits per heavy atom. The van der Waals surface area contributed by atoms with E-state index in [4.69, 9.17) is 11.6 Å². The molecule has 6 heteroatoms. The van der Waals surface area contributed by atoms with Gasteiger partial charge in [0.25, 0.3) is 5.91 Å². The molecule has 0 radical (unpaired) electrons. The lowest BCUT2D eigenvalue weighted by Crippen LogP contribution is -2.09. The van der Waals surface area contributed by atoms with Gasteiger partial charge in [-0.05, 0) is 18.2 Å². The van der Waals surface area contributed by atoms with Crippen LogP contribution in [0.4, 0.5) is 5.13 Å². The summed E-state index contributed by atoms with van der Waals surface area (Å²) in [5.74, 6) is -0.150. The zero-order valence-electron chi connectivity index (χ0n) is 10.2. The van der Waals surface area contributed by atoms with E-state index in [1.807, 2.05) is 35.7 Å². The quantitative estimate of drug-likeness (QED) is 0.754. The van der Waals surface area contributed by atoms with Crippen LogP contribution < -0.4 is 5.32 Å². The summed E-state index contributed by atoms with van der Waals surface area (Å²) in [5.41, 5.74) is 0.937. The van der Waals surface area contributed by atoms with Crippen LogP contribution in [0.15, 0.2) is 48.0 Å². The van der Waals surface area contributed by atoms with Gasteiger partial charge in [0.05, 0.1) is 4.88 Å². The summed E-state index contributed by atoms with van der Waals surface area (Å²) in [6, 6.07) is 11.3. The van der Waals surface area contributed by atoms with Crippen molar-refractivity contribution in [3.8, 4) is 10.4 Å². The lowest BCUT2D eigenvalue weighted by Gasteiger charge is -2.00. The summed E-state index contributed by atoms with van der Waals surface area (Å²) in [5, 5.41) is 5.86. The number of rotatable bonds is 3. The third-order valence-electron chi connectivity index (χ3n) is 2.62. The Kier molecular flexibility index (Phi) is 3.82. The third-order valence-corrected chi connectivity index (χ3v) is 4.76. The predicted molar refractivity (Wildman–Crippen MR) is 84.8 cm³/mol. The van der Waals surface area contributed by atoms with Crippen LogP contribution in [0.25, 0.3) is 10.4 Å². The van der Waals surface area contributed by atoms with E-state index in [2.05, 4.69) is 10.3 Å². The molecule has 0 spiro atoms. The molecule has 0 aliphatic rings. The fourth-order valence-electron chi connectivity index (χ4n) is 1.71. The smallest absolute Gasteiger partial charge is 0.267 e. The molecule has 1 amide bonds. The minimum atomic E-state index is -0.150.